The zero-order valence-corrected chi connectivity index (χ0v) is 11.1. The first-order chi connectivity index (χ1) is 7.90. The molecule has 1 rings (SSSR count). The standard InChI is InChI=1S/C10H16ClN3O2S/c1-17(15,16)14-7-3-6-13-9-5-2-4-8(11)10(9)12/h2,4-5,13-14H,3,6-7,12H2,1H3. The molecule has 0 unspecified atom stereocenters. The van der Waals surface area contributed by atoms with Gasteiger partial charge in [-0.1, -0.05) is 17.7 Å². The van der Waals surface area contributed by atoms with Crippen LogP contribution in [0, 0.1) is 0 Å². The van der Waals surface area contributed by atoms with Crippen LogP contribution in [0.2, 0.25) is 5.02 Å². The summed E-state index contributed by atoms with van der Waals surface area (Å²) in [6.07, 6.45) is 1.80. The van der Waals surface area contributed by atoms with E-state index in [1.165, 1.54) is 0 Å². The zero-order valence-electron chi connectivity index (χ0n) is 9.53. The predicted molar refractivity (Wildman–Crippen MR) is 71.8 cm³/mol. The number of para-hydroxylation sites is 1. The van der Waals surface area contributed by atoms with Crippen molar-refractivity contribution in [2.24, 2.45) is 0 Å². The molecule has 0 fully saturated rings. The molecule has 96 valence electrons. The first-order valence-electron chi connectivity index (χ1n) is 5.12. The summed E-state index contributed by atoms with van der Waals surface area (Å²) in [6, 6.07) is 5.34. The summed E-state index contributed by atoms with van der Waals surface area (Å²) in [4.78, 5) is 0. The van der Waals surface area contributed by atoms with Gasteiger partial charge in [-0.3, -0.25) is 0 Å². The van der Waals surface area contributed by atoms with Gasteiger partial charge in [0.15, 0.2) is 0 Å². The second-order valence-corrected chi connectivity index (χ2v) is 5.89. The quantitative estimate of drug-likeness (QED) is 0.540. The van der Waals surface area contributed by atoms with Crippen LogP contribution in [0.3, 0.4) is 0 Å². The van der Waals surface area contributed by atoms with Crippen LogP contribution in [-0.2, 0) is 10.0 Å². The molecule has 0 spiro atoms. The topological polar surface area (TPSA) is 84.2 Å². The van der Waals surface area contributed by atoms with E-state index in [9.17, 15) is 8.42 Å². The minimum absolute atomic E-state index is 0.395. The Kier molecular flexibility index (Phi) is 5.04. The summed E-state index contributed by atoms with van der Waals surface area (Å²) in [6.45, 7) is 1.01. The van der Waals surface area contributed by atoms with Crippen LogP contribution in [-0.4, -0.2) is 27.8 Å². The molecule has 5 nitrogen and oxygen atoms in total. The van der Waals surface area contributed by atoms with Gasteiger partial charge >= 0.3 is 0 Å². The summed E-state index contributed by atoms with van der Waals surface area (Å²) in [7, 11) is -3.11. The number of anilines is 2. The van der Waals surface area contributed by atoms with Crippen molar-refractivity contribution in [3.8, 4) is 0 Å². The van der Waals surface area contributed by atoms with E-state index in [1.807, 2.05) is 6.07 Å². The Balaban J connectivity index is 2.34. The molecule has 1 aromatic rings. The van der Waals surface area contributed by atoms with Crippen molar-refractivity contribution < 1.29 is 8.42 Å². The maximum atomic E-state index is 10.8. The third-order valence-electron chi connectivity index (χ3n) is 2.09. The van der Waals surface area contributed by atoms with Crippen molar-refractivity contribution >= 4 is 33.0 Å². The molecule has 0 atom stereocenters. The number of hydrogen-bond acceptors (Lipinski definition) is 4. The third-order valence-corrected chi connectivity index (χ3v) is 3.14. The summed E-state index contributed by atoms with van der Waals surface area (Å²) in [5.74, 6) is 0. The van der Waals surface area contributed by atoms with Gasteiger partial charge in [-0.05, 0) is 18.6 Å². The van der Waals surface area contributed by atoms with E-state index in [-0.39, 0.29) is 0 Å². The molecular weight excluding hydrogens is 262 g/mol. The number of sulfonamides is 1. The highest BCUT2D eigenvalue weighted by Gasteiger charge is 2.02. The normalized spacial score (nSPS) is 11.4. The molecule has 0 aliphatic rings. The first-order valence-corrected chi connectivity index (χ1v) is 7.39. The lowest BCUT2D eigenvalue weighted by molar-refractivity contribution is 0.586. The molecule has 0 radical (unpaired) electrons. The van der Waals surface area contributed by atoms with E-state index in [0.717, 1.165) is 11.9 Å². The molecule has 4 N–H and O–H groups in total. The van der Waals surface area contributed by atoms with Crippen molar-refractivity contribution in [2.45, 2.75) is 6.42 Å². The van der Waals surface area contributed by atoms with Crippen LogP contribution in [0.4, 0.5) is 11.4 Å². The SMILES string of the molecule is CS(=O)(=O)NCCCNc1cccc(Cl)c1N. The highest BCUT2D eigenvalue weighted by Crippen LogP contribution is 2.26. The van der Waals surface area contributed by atoms with E-state index in [1.54, 1.807) is 12.1 Å². The number of halogens is 1. The minimum atomic E-state index is -3.11. The second-order valence-electron chi connectivity index (χ2n) is 3.65. The van der Waals surface area contributed by atoms with E-state index in [2.05, 4.69) is 10.0 Å². The first kappa shape index (κ1) is 14.1. The van der Waals surface area contributed by atoms with E-state index in [0.29, 0.717) is 30.2 Å². The van der Waals surface area contributed by atoms with Gasteiger partial charge in [-0.2, -0.15) is 0 Å². The van der Waals surface area contributed by atoms with Crippen LogP contribution >= 0.6 is 11.6 Å². The summed E-state index contributed by atoms with van der Waals surface area (Å²) < 4.78 is 24.0. The zero-order chi connectivity index (χ0) is 12.9. The number of benzene rings is 1. The fraction of sp³-hybridized carbons (Fsp3) is 0.400. The van der Waals surface area contributed by atoms with Crippen molar-refractivity contribution in [2.75, 3.05) is 30.4 Å². The van der Waals surface area contributed by atoms with Gasteiger partial charge in [0.2, 0.25) is 10.0 Å². The number of nitrogens with one attached hydrogen (secondary N) is 2. The van der Waals surface area contributed by atoms with Gasteiger partial charge in [0.25, 0.3) is 0 Å². The van der Waals surface area contributed by atoms with Gasteiger partial charge in [-0.25, -0.2) is 13.1 Å². The Hall–Kier alpha value is -0.980. The van der Waals surface area contributed by atoms with Crippen LogP contribution in [0.5, 0.6) is 0 Å². The lowest BCUT2D eigenvalue weighted by Crippen LogP contribution is -2.24. The largest absolute Gasteiger partial charge is 0.396 e. The van der Waals surface area contributed by atoms with Gasteiger partial charge in [0, 0.05) is 13.1 Å². The molecular formula is C10H16ClN3O2S. The molecule has 0 aliphatic carbocycles. The summed E-state index contributed by atoms with van der Waals surface area (Å²) >= 11 is 5.86. The molecule has 1 aromatic carbocycles. The molecule has 0 saturated carbocycles. The molecule has 0 heterocycles. The molecule has 0 saturated heterocycles. The number of rotatable bonds is 6. The second kappa shape index (κ2) is 6.09. The molecule has 0 aliphatic heterocycles. The van der Waals surface area contributed by atoms with Crippen LogP contribution in [0.1, 0.15) is 6.42 Å². The lowest BCUT2D eigenvalue weighted by Gasteiger charge is -2.10. The Morgan fingerprint density at radius 2 is 2.06 bits per heavy atom. The summed E-state index contributed by atoms with van der Waals surface area (Å²) in [5, 5.41) is 3.60. The molecule has 0 aromatic heterocycles. The van der Waals surface area contributed by atoms with Crippen molar-refractivity contribution in [3.63, 3.8) is 0 Å². The van der Waals surface area contributed by atoms with Crippen molar-refractivity contribution in [1.29, 1.82) is 0 Å². The monoisotopic (exact) mass is 277 g/mol. The maximum absolute atomic E-state index is 10.8. The summed E-state index contributed by atoms with van der Waals surface area (Å²) in [5.41, 5.74) is 7.03. The lowest BCUT2D eigenvalue weighted by atomic mass is 10.2. The average molecular weight is 278 g/mol. The van der Waals surface area contributed by atoms with Crippen LogP contribution in [0.25, 0.3) is 0 Å². The highest BCUT2D eigenvalue weighted by atomic mass is 35.5. The Labute approximate surface area is 106 Å². The maximum Gasteiger partial charge on any atom is 0.208 e. The molecule has 17 heavy (non-hydrogen) atoms. The molecule has 0 amide bonds. The van der Waals surface area contributed by atoms with Crippen molar-refractivity contribution in [1.82, 2.24) is 4.72 Å². The van der Waals surface area contributed by atoms with Gasteiger partial charge in [0.1, 0.15) is 0 Å². The molecule has 0 bridgehead atoms. The van der Waals surface area contributed by atoms with Gasteiger partial charge in [0.05, 0.1) is 22.7 Å². The van der Waals surface area contributed by atoms with Gasteiger partial charge < -0.3 is 11.1 Å². The Morgan fingerprint density at radius 3 is 2.71 bits per heavy atom. The van der Waals surface area contributed by atoms with Crippen molar-refractivity contribution in [3.05, 3.63) is 23.2 Å². The van der Waals surface area contributed by atoms with E-state index in [4.69, 9.17) is 17.3 Å². The predicted octanol–water partition coefficient (Wildman–Crippen LogP) is 1.27. The number of nitrogens with two attached hydrogens (primary N) is 1. The third kappa shape index (κ3) is 5.25. The average Bonchev–Trinajstić information content (AvgIpc) is 2.22. The molecule has 7 heteroatoms. The van der Waals surface area contributed by atoms with Crippen LogP contribution < -0.4 is 15.8 Å². The Bertz CT molecular complexity index is 476. The highest BCUT2D eigenvalue weighted by molar-refractivity contribution is 7.88. The fourth-order valence-electron chi connectivity index (χ4n) is 1.26. The number of hydrogen-bond donors (Lipinski definition) is 3. The Morgan fingerprint density at radius 1 is 1.35 bits per heavy atom. The van der Waals surface area contributed by atoms with Crippen LogP contribution in [0.15, 0.2) is 18.2 Å². The van der Waals surface area contributed by atoms with E-state index >= 15 is 0 Å². The fourth-order valence-corrected chi connectivity index (χ4v) is 1.95. The van der Waals surface area contributed by atoms with E-state index < -0.39 is 10.0 Å². The number of nitrogen functional groups attached to an aromatic ring is 1. The van der Waals surface area contributed by atoms with Gasteiger partial charge in [-0.15, -0.1) is 0 Å². The minimum Gasteiger partial charge on any atom is -0.396 e. The smallest absolute Gasteiger partial charge is 0.208 e.